The maximum Gasteiger partial charge on any atom is 0.338 e. The Morgan fingerprint density at radius 3 is 1.17 bits per heavy atom. The summed E-state index contributed by atoms with van der Waals surface area (Å²) in [6, 6.07) is 31.3. The standard InChI is InChI=1S/C47H46O18/c1-27(48)58-36-35(61-46(55-4)40(60-29(3)50)38(36)59-28(2)49)26-57-47-41(65-45(54)33-23-15-8-16-24-33)39(64-44(53)32-21-13-7-14-22-32)37(63-43(52)31-19-11-6-12-20-31)34(62-47)25-56-42(51)30-17-9-5-10-18-30/h5-24,34-41,46-47H,25-26H2,1-4H3/t34?,35?,36-,37-,38-,39-,40?,41?,46+,47+/m0/s1. The highest BCUT2D eigenvalue weighted by molar-refractivity contribution is 5.91. The number of methoxy groups -OCH3 is 1. The number of esters is 7. The monoisotopic (exact) mass is 898 g/mol. The maximum absolute atomic E-state index is 14.0. The highest BCUT2D eigenvalue weighted by Gasteiger charge is 2.56. The van der Waals surface area contributed by atoms with Crippen LogP contribution in [0, 0.1) is 0 Å². The minimum Gasteiger partial charge on any atom is -0.459 e. The first kappa shape index (κ1) is 47.5. The van der Waals surface area contributed by atoms with Crippen LogP contribution in [0.15, 0.2) is 121 Å². The van der Waals surface area contributed by atoms with Crippen LogP contribution < -0.4 is 0 Å². The lowest BCUT2D eigenvalue weighted by atomic mass is 9.97. The lowest BCUT2D eigenvalue weighted by Crippen LogP contribution is -2.65. The van der Waals surface area contributed by atoms with Gasteiger partial charge in [-0.25, -0.2) is 19.2 Å². The number of hydrogen-bond donors (Lipinski definition) is 0. The average molecular weight is 899 g/mol. The fourth-order valence-corrected chi connectivity index (χ4v) is 7.03. The Kier molecular flexibility index (Phi) is 16.5. The van der Waals surface area contributed by atoms with Gasteiger partial charge in [-0.1, -0.05) is 72.8 Å². The zero-order valence-electron chi connectivity index (χ0n) is 35.6. The van der Waals surface area contributed by atoms with Crippen LogP contribution in [0.2, 0.25) is 0 Å². The molecular weight excluding hydrogens is 852 g/mol. The van der Waals surface area contributed by atoms with E-state index in [0.29, 0.717) is 0 Å². The van der Waals surface area contributed by atoms with Crippen molar-refractivity contribution in [2.75, 3.05) is 20.3 Å². The van der Waals surface area contributed by atoms with Gasteiger partial charge in [-0.15, -0.1) is 0 Å². The molecule has 18 nitrogen and oxygen atoms in total. The molecule has 0 bridgehead atoms. The first-order chi connectivity index (χ1) is 31.3. The third kappa shape index (κ3) is 12.6. The third-order valence-corrected chi connectivity index (χ3v) is 9.89. The second-order valence-electron chi connectivity index (χ2n) is 14.5. The third-order valence-electron chi connectivity index (χ3n) is 9.89. The lowest BCUT2D eigenvalue weighted by Gasteiger charge is -2.46. The van der Waals surface area contributed by atoms with Gasteiger partial charge in [0.1, 0.15) is 18.8 Å². The van der Waals surface area contributed by atoms with Gasteiger partial charge in [0.2, 0.25) is 0 Å². The summed E-state index contributed by atoms with van der Waals surface area (Å²) in [5.41, 5.74) is 0.382. The van der Waals surface area contributed by atoms with E-state index in [2.05, 4.69) is 0 Å². The summed E-state index contributed by atoms with van der Waals surface area (Å²) >= 11 is 0. The topological polar surface area (TPSA) is 221 Å². The number of carbonyl (C=O) groups excluding carboxylic acids is 7. The Morgan fingerprint density at radius 1 is 0.400 bits per heavy atom. The Morgan fingerprint density at radius 2 is 0.723 bits per heavy atom. The zero-order chi connectivity index (χ0) is 46.5. The van der Waals surface area contributed by atoms with Crippen LogP contribution in [-0.2, 0) is 66.5 Å². The predicted octanol–water partition coefficient (Wildman–Crippen LogP) is 4.43. The lowest BCUT2D eigenvalue weighted by molar-refractivity contribution is -0.329. The molecular formula is C47H46O18. The van der Waals surface area contributed by atoms with Crippen molar-refractivity contribution in [3.63, 3.8) is 0 Å². The van der Waals surface area contributed by atoms with Crippen LogP contribution >= 0.6 is 0 Å². The molecule has 2 fully saturated rings. The van der Waals surface area contributed by atoms with Crippen molar-refractivity contribution in [2.24, 2.45) is 0 Å². The second kappa shape index (κ2) is 22.6. The Balaban J connectivity index is 1.43. The molecule has 65 heavy (non-hydrogen) atoms. The molecule has 0 N–H and O–H groups in total. The normalized spacial score (nSPS) is 24.9. The highest BCUT2D eigenvalue weighted by atomic mass is 16.8. The van der Waals surface area contributed by atoms with Gasteiger partial charge in [0.05, 0.1) is 28.9 Å². The smallest absolute Gasteiger partial charge is 0.338 e. The number of rotatable bonds is 16. The first-order valence-electron chi connectivity index (χ1n) is 20.3. The predicted molar refractivity (Wildman–Crippen MR) is 221 cm³/mol. The molecule has 2 aliphatic rings. The Bertz CT molecular complexity index is 2260. The fraction of sp³-hybridized carbons (Fsp3) is 0.340. The second-order valence-corrected chi connectivity index (χ2v) is 14.5. The van der Waals surface area contributed by atoms with Crippen molar-refractivity contribution in [2.45, 2.75) is 82.2 Å². The SMILES string of the molecule is CO[C@@H]1OC(CO[C@@H]2OC(COC(=O)c3ccccc3)[C@H](OC(=O)c3ccccc3)[C@H](OC(=O)c3ccccc3)C2OC(=O)c2ccccc2)[C@H](OC(C)=O)[C@H](OC(C)=O)C1OC(C)=O. The average Bonchev–Trinajstić information content (AvgIpc) is 3.31. The van der Waals surface area contributed by atoms with Crippen molar-refractivity contribution >= 4 is 41.8 Å². The molecule has 6 rings (SSSR count). The molecule has 0 aliphatic carbocycles. The number of benzene rings is 4. The molecule has 0 spiro atoms. The Hall–Kier alpha value is -6.99. The van der Waals surface area contributed by atoms with Crippen LogP contribution in [-0.4, -0.2) is 124 Å². The van der Waals surface area contributed by atoms with Crippen LogP contribution in [0.5, 0.6) is 0 Å². The molecule has 2 heterocycles. The highest BCUT2D eigenvalue weighted by Crippen LogP contribution is 2.34. The molecule has 0 radical (unpaired) electrons. The van der Waals surface area contributed by atoms with E-state index in [1.807, 2.05) is 0 Å². The van der Waals surface area contributed by atoms with Gasteiger partial charge < -0.3 is 52.1 Å². The molecule has 0 saturated carbocycles. The molecule has 0 amide bonds. The molecule has 4 aromatic carbocycles. The number of ether oxygens (including phenoxy) is 11. The van der Waals surface area contributed by atoms with Crippen LogP contribution in [0.3, 0.4) is 0 Å². The van der Waals surface area contributed by atoms with Gasteiger partial charge >= 0.3 is 41.8 Å². The summed E-state index contributed by atoms with van der Waals surface area (Å²) < 4.78 is 64.8. The van der Waals surface area contributed by atoms with Gasteiger partial charge in [0.25, 0.3) is 0 Å². The summed E-state index contributed by atoms with van der Waals surface area (Å²) in [7, 11) is 1.23. The van der Waals surface area contributed by atoms with E-state index in [1.165, 1.54) is 55.6 Å². The maximum atomic E-state index is 14.0. The van der Waals surface area contributed by atoms with Crippen LogP contribution in [0.25, 0.3) is 0 Å². The summed E-state index contributed by atoms with van der Waals surface area (Å²) in [6.07, 6.45) is -15.8. The van der Waals surface area contributed by atoms with Crippen molar-refractivity contribution in [3.05, 3.63) is 144 Å². The quantitative estimate of drug-likeness (QED) is 0.112. The van der Waals surface area contributed by atoms with Crippen molar-refractivity contribution in [1.82, 2.24) is 0 Å². The van der Waals surface area contributed by atoms with E-state index < -0.39 is 116 Å². The van der Waals surface area contributed by atoms with Crippen molar-refractivity contribution < 1.29 is 85.7 Å². The van der Waals surface area contributed by atoms with E-state index in [1.54, 1.807) is 72.8 Å². The summed E-state index contributed by atoms with van der Waals surface area (Å²) in [5.74, 6) is -6.07. The van der Waals surface area contributed by atoms with Crippen LogP contribution in [0.1, 0.15) is 62.2 Å². The van der Waals surface area contributed by atoms with E-state index in [4.69, 9.17) is 52.1 Å². The fourth-order valence-electron chi connectivity index (χ4n) is 7.03. The molecule has 342 valence electrons. The summed E-state index contributed by atoms with van der Waals surface area (Å²) in [5, 5.41) is 0. The van der Waals surface area contributed by atoms with Gasteiger partial charge in [-0.2, -0.15) is 0 Å². The number of hydrogen-bond acceptors (Lipinski definition) is 18. The molecule has 2 saturated heterocycles. The van der Waals surface area contributed by atoms with Crippen molar-refractivity contribution in [1.29, 1.82) is 0 Å². The summed E-state index contributed by atoms with van der Waals surface area (Å²) in [4.78, 5) is 92.3. The van der Waals surface area contributed by atoms with E-state index in [9.17, 15) is 33.6 Å². The van der Waals surface area contributed by atoms with E-state index >= 15 is 0 Å². The largest absolute Gasteiger partial charge is 0.459 e. The van der Waals surface area contributed by atoms with Gasteiger partial charge in [-0.3, -0.25) is 14.4 Å². The van der Waals surface area contributed by atoms with E-state index in [0.717, 1.165) is 20.8 Å². The molecule has 2 aliphatic heterocycles. The zero-order valence-corrected chi connectivity index (χ0v) is 35.6. The first-order valence-corrected chi connectivity index (χ1v) is 20.3. The minimum atomic E-state index is -1.79. The molecule has 0 aromatic heterocycles. The summed E-state index contributed by atoms with van der Waals surface area (Å²) in [6.45, 7) is 1.99. The van der Waals surface area contributed by atoms with Crippen molar-refractivity contribution in [3.8, 4) is 0 Å². The van der Waals surface area contributed by atoms with Gasteiger partial charge in [0.15, 0.2) is 49.2 Å². The molecule has 18 heteroatoms. The van der Waals surface area contributed by atoms with Gasteiger partial charge in [-0.05, 0) is 48.5 Å². The molecule has 10 atom stereocenters. The molecule has 4 unspecified atom stereocenters. The van der Waals surface area contributed by atoms with E-state index in [-0.39, 0.29) is 22.3 Å². The van der Waals surface area contributed by atoms with Crippen LogP contribution in [0.4, 0.5) is 0 Å². The number of carbonyl (C=O) groups is 7. The molecule has 4 aromatic rings. The van der Waals surface area contributed by atoms with Gasteiger partial charge in [0, 0.05) is 27.9 Å². The Labute approximate surface area is 372 Å². The minimum absolute atomic E-state index is 0.0605.